The molecule has 0 radical (unpaired) electrons. The van der Waals surface area contributed by atoms with Gasteiger partial charge in [-0.25, -0.2) is 0 Å². The predicted molar refractivity (Wildman–Crippen MR) is 82.0 cm³/mol. The van der Waals surface area contributed by atoms with Crippen molar-refractivity contribution in [3.05, 3.63) is 34.4 Å². The number of nitrogens with one attached hydrogen (secondary N) is 2. The van der Waals surface area contributed by atoms with Crippen LogP contribution in [0.25, 0.3) is 0 Å². The molecule has 21 heavy (non-hydrogen) atoms. The fraction of sp³-hybridized carbons (Fsp3) is 0.462. The molecule has 0 spiro atoms. The molecule has 0 aliphatic heterocycles. The van der Waals surface area contributed by atoms with E-state index >= 15 is 0 Å². The van der Waals surface area contributed by atoms with Crippen LogP contribution in [-0.2, 0) is 4.79 Å². The van der Waals surface area contributed by atoms with E-state index in [9.17, 15) is 14.9 Å². The Morgan fingerprint density at radius 2 is 1.90 bits per heavy atom. The summed E-state index contributed by atoms with van der Waals surface area (Å²) in [5.74, 6) is 0.205. The number of nitro benzene ring substituents is 1. The molecule has 7 nitrogen and oxygen atoms in total. The van der Waals surface area contributed by atoms with Crippen molar-refractivity contribution in [2.45, 2.75) is 13.3 Å². The Morgan fingerprint density at radius 3 is 2.48 bits per heavy atom. The highest BCUT2D eigenvalue weighted by atomic mass is 35.5. The maximum absolute atomic E-state index is 11.5. The van der Waals surface area contributed by atoms with Crippen LogP contribution < -0.4 is 15.4 Å². The standard InChI is InChI=1S/C13H19N3O4.ClH/c1-2-7-14-8-9-15-13(17)10-20-12-5-3-11(4-6-12)16(18)19;/h3-6,14H,2,7-10H2,1H3,(H,15,17);1H. The summed E-state index contributed by atoms with van der Waals surface area (Å²) < 4.78 is 5.23. The van der Waals surface area contributed by atoms with Gasteiger partial charge in [-0.05, 0) is 25.1 Å². The fourth-order valence-corrected chi connectivity index (χ4v) is 1.46. The fourth-order valence-electron chi connectivity index (χ4n) is 1.46. The molecule has 1 aromatic carbocycles. The number of carbonyl (C=O) groups is 1. The molecule has 0 fully saturated rings. The number of nitro groups is 1. The van der Waals surface area contributed by atoms with Crippen LogP contribution in [0, 0.1) is 10.1 Å². The molecule has 0 heterocycles. The average molecular weight is 318 g/mol. The van der Waals surface area contributed by atoms with Gasteiger partial charge in [-0.2, -0.15) is 0 Å². The minimum Gasteiger partial charge on any atom is -0.484 e. The van der Waals surface area contributed by atoms with Gasteiger partial charge in [0.25, 0.3) is 11.6 Å². The summed E-state index contributed by atoms with van der Waals surface area (Å²) in [6, 6.07) is 5.60. The van der Waals surface area contributed by atoms with Crippen LogP contribution in [0.4, 0.5) is 5.69 Å². The molecule has 0 saturated heterocycles. The number of carbonyl (C=O) groups excluding carboxylic acids is 1. The lowest BCUT2D eigenvalue weighted by molar-refractivity contribution is -0.384. The van der Waals surface area contributed by atoms with Gasteiger partial charge in [-0.1, -0.05) is 6.92 Å². The first-order valence-corrected chi connectivity index (χ1v) is 6.48. The number of nitrogens with zero attached hydrogens (tertiary/aromatic N) is 1. The van der Waals surface area contributed by atoms with Crippen LogP contribution in [0.15, 0.2) is 24.3 Å². The van der Waals surface area contributed by atoms with E-state index in [0.717, 1.165) is 19.5 Å². The third-order valence-electron chi connectivity index (χ3n) is 2.47. The molecule has 8 heteroatoms. The maximum atomic E-state index is 11.5. The van der Waals surface area contributed by atoms with Crippen LogP contribution in [0.5, 0.6) is 5.75 Å². The van der Waals surface area contributed by atoms with Crippen molar-refractivity contribution in [2.75, 3.05) is 26.2 Å². The van der Waals surface area contributed by atoms with E-state index in [-0.39, 0.29) is 30.6 Å². The van der Waals surface area contributed by atoms with Crippen LogP contribution in [0.2, 0.25) is 0 Å². The van der Waals surface area contributed by atoms with E-state index in [4.69, 9.17) is 4.74 Å². The van der Waals surface area contributed by atoms with Gasteiger partial charge in [0.1, 0.15) is 5.75 Å². The molecule has 0 unspecified atom stereocenters. The second-order valence-electron chi connectivity index (χ2n) is 4.14. The summed E-state index contributed by atoms with van der Waals surface area (Å²) in [6.07, 6.45) is 1.05. The Labute approximate surface area is 129 Å². The predicted octanol–water partition coefficient (Wildman–Crippen LogP) is 1.51. The summed E-state index contributed by atoms with van der Waals surface area (Å²) in [5, 5.41) is 16.3. The third-order valence-corrected chi connectivity index (χ3v) is 2.47. The van der Waals surface area contributed by atoms with Gasteiger partial charge in [0.2, 0.25) is 0 Å². The lowest BCUT2D eigenvalue weighted by Crippen LogP contribution is -2.34. The molecule has 0 bridgehead atoms. The Bertz CT molecular complexity index is 440. The Balaban J connectivity index is 0.00000400. The first-order valence-electron chi connectivity index (χ1n) is 6.48. The molecule has 0 atom stereocenters. The van der Waals surface area contributed by atoms with E-state index in [1.54, 1.807) is 0 Å². The van der Waals surface area contributed by atoms with Crippen molar-refractivity contribution in [3.8, 4) is 5.75 Å². The zero-order chi connectivity index (χ0) is 14.8. The minimum absolute atomic E-state index is 0. The minimum atomic E-state index is -0.486. The van der Waals surface area contributed by atoms with Gasteiger partial charge in [0.15, 0.2) is 6.61 Å². The normalized spacial score (nSPS) is 9.57. The highest BCUT2D eigenvalue weighted by Crippen LogP contribution is 2.16. The summed E-state index contributed by atoms with van der Waals surface area (Å²) in [7, 11) is 0. The summed E-state index contributed by atoms with van der Waals surface area (Å²) in [6.45, 7) is 4.16. The molecular weight excluding hydrogens is 298 g/mol. The maximum Gasteiger partial charge on any atom is 0.269 e. The van der Waals surface area contributed by atoms with Gasteiger partial charge >= 0.3 is 0 Å². The molecule has 1 amide bonds. The van der Waals surface area contributed by atoms with E-state index in [1.807, 2.05) is 0 Å². The number of halogens is 1. The van der Waals surface area contributed by atoms with E-state index < -0.39 is 4.92 Å². The number of amides is 1. The van der Waals surface area contributed by atoms with Crippen molar-refractivity contribution in [2.24, 2.45) is 0 Å². The van der Waals surface area contributed by atoms with Crippen LogP contribution in [0.1, 0.15) is 13.3 Å². The molecule has 1 rings (SSSR count). The molecule has 0 aliphatic rings. The second-order valence-corrected chi connectivity index (χ2v) is 4.14. The topological polar surface area (TPSA) is 93.5 Å². The molecule has 0 aromatic heterocycles. The zero-order valence-corrected chi connectivity index (χ0v) is 12.6. The van der Waals surface area contributed by atoms with Crippen molar-refractivity contribution < 1.29 is 14.5 Å². The Hall–Kier alpha value is -1.86. The van der Waals surface area contributed by atoms with Crippen LogP contribution in [-0.4, -0.2) is 37.1 Å². The van der Waals surface area contributed by atoms with Gasteiger partial charge in [-0.3, -0.25) is 14.9 Å². The van der Waals surface area contributed by atoms with Crippen molar-refractivity contribution >= 4 is 24.0 Å². The summed E-state index contributed by atoms with van der Waals surface area (Å²) >= 11 is 0. The smallest absolute Gasteiger partial charge is 0.269 e. The number of non-ortho nitro benzene ring substituents is 1. The lowest BCUT2D eigenvalue weighted by Gasteiger charge is -2.07. The van der Waals surface area contributed by atoms with Crippen molar-refractivity contribution in [1.82, 2.24) is 10.6 Å². The number of ether oxygens (including phenoxy) is 1. The third kappa shape index (κ3) is 8.11. The molecule has 0 saturated carbocycles. The van der Waals surface area contributed by atoms with E-state index in [1.165, 1.54) is 24.3 Å². The summed E-state index contributed by atoms with van der Waals surface area (Å²) in [5.41, 5.74) is -0.0104. The van der Waals surface area contributed by atoms with Crippen LogP contribution >= 0.6 is 12.4 Å². The largest absolute Gasteiger partial charge is 0.484 e. The summed E-state index contributed by atoms with van der Waals surface area (Å²) in [4.78, 5) is 21.4. The van der Waals surface area contributed by atoms with Crippen molar-refractivity contribution in [3.63, 3.8) is 0 Å². The quantitative estimate of drug-likeness (QED) is 0.409. The molecule has 118 valence electrons. The lowest BCUT2D eigenvalue weighted by atomic mass is 10.3. The second kappa shape index (κ2) is 10.9. The highest BCUT2D eigenvalue weighted by Gasteiger charge is 2.06. The number of hydrogen-bond donors (Lipinski definition) is 2. The zero-order valence-electron chi connectivity index (χ0n) is 11.8. The first-order chi connectivity index (χ1) is 9.63. The molecule has 0 aliphatic carbocycles. The Kier molecular flexibility index (Phi) is 9.91. The van der Waals surface area contributed by atoms with E-state index in [2.05, 4.69) is 17.6 Å². The number of rotatable bonds is 9. The SMILES string of the molecule is CCCNCCNC(=O)COc1ccc([N+](=O)[O-])cc1.Cl. The average Bonchev–Trinajstić information content (AvgIpc) is 2.45. The van der Waals surface area contributed by atoms with Gasteiger partial charge in [0.05, 0.1) is 4.92 Å². The van der Waals surface area contributed by atoms with Crippen LogP contribution in [0.3, 0.4) is 0 Å². The highest BCUT2D eigenvalue weighted by molar-refractivity contribution is 5.85. The monoisotopic (exact) mass is 317 g/mol. The number of benzene rings is 1. The Morgan fingerprint density at radius 1 is 1.24 bits per heavy atom. The van der Waals surface area contributed by atoms with Crippen molar-refractivity contribution in [1.29, 1.82) is 0 Å². The van der Waals surface area contributed by atoms with E-state index in [0.29, 0.717) is 12.3 Å². The molecule has 2 N–H and O–H groups in total. The van der Waals surface area contributed by atoms with Gasteiger partial charge in [0, 0.05) is 25.2 Å². The van der Waals surface area contributed by atoms with Gasteiger partial charge in [-0.15, -0.1) is 12.4 Å². The van der Waals surface area contributed by atoms with Gasteiger partial charge < -0.3 is 15.4 Å². The molecular formula is C13H20ClN3O4. The number of hydrogen-bond acceptors (Lipinski definition) is 5. The molecule has 1 aromatic rings. The first kappa shape index (κ1) is 19.1.